The van der Waals surface area contributed by atoms with E-state index in [9.17, 15) is 0 Å². The second-order valence-electron chi connectivity index (χ2n) is 6.09. The van der Waals surface area contributed by atoms with E-state index in [1.54, 1.807) is 6.92 Å². The van der Waals surface area contributed by atoms with Gasteiger partial charge >= 0.3 is 0 Å². The van der Waals surface area contributed by atoms with Crippen LogP contribution in [0.4, 0.5) is 0 Å². The van der Waals surface area contributed by atoms with Crippen molar-refractivity contribution in [3.05, 3.63) is 41.0 Å². The first-order valence-corrected chi connectivity index (χ1v) is 8.70. The lowest BCUT2D eigenvalue weighted by atomic mass is 10.1. The van der Waals surface area contributed by atoms with Gasteiger partial charge in [0.15, 0.2) is 0 Å². The van der Waals surface area contributed by atoms with Crippen molar-refractivity contribution in [1.29, 1.82) is 0 Å². The Morgan fingerprint density at radius 2 is 1.73 bits per heavy atom. The number of nitrogens with zero attached hydrogens (tertiary/aromatic N) is 3. The quantitative estimate of drug-likeness (QED) is 0.562. The van der Waals surface area contributed by atoms with Gasteiger partial charge in [0.1, 0.15) is 11.5 Å². The highest BCUT2D eigenvalue weighted by atomic mass is 16.5. The third-order valence-electron chi connectivity index (χ3n) is 3.89. The Bertz CT molecular complexity index is 846. The molecule has 3 aromatic rings. The van der Waals surface area contributed by atoms with Crippen LogP contribution < -0.4 is 9.47 Å². The number of hydrogen-bond acceptors (Lipinski definition) is 7. The van der Waals surface area contributed by atoms with E-state index in [4.69, 9.17) is 18.5 Å². The first-order valence-electron chi connectivity index (χ1n) is 8.70. The van der Waals surface area contributed by atoms with Crippen LogP contribution in [0.1, 0.15) is 36.1 Å². The zero-order valence-corrected chi connectivity index (χ0v) is 15.5. The van der Waals surface area contributed by atoms with Crippen molar-refractivity contribution in [2.75, 3.05) is 13.2 Å². The summed E-state index contributed by atoms with van der Waals surface area (Å²) in [5, 5.41) is 7.82. The lowest BCUT2D eigenvalue weighted by molar-refractivity contribution is 0.281. The summed E-state index contributed by atoms with van der Waals surface area (Å²) in [7, 11) is 0. The second-order valence-corrected chi connectivity index (χ2v) is 6.09. The number of aryl methyl sites for hydroxylation is 4. The molecule has 0 fully saturated rings. The van der Waals surface area contributed by atoms with Gasteiger partial charge < -0.3 is 18.5 Å². The number of rotatable bonds is 8. The predicted octanol–water partition coefficient (Wildman–Crippen LogP) is 4.06. The highest BCUT2D eigenvalue weighted by Crippen LogP contribution is 2.29. The highest BCUT2D eigenvalue weighted by molar-refractivity contribution is 5.60. The molecule has 0 bridgehead atoms. The molecule has 0 amide bonds. The first-order chi connectivity index (χ1) is 12.6. The molecule has 2 heterocycles. The molecule has 7 nitrogen and oxygen atoms in total. The molecule has 2 aromatic heterocycles. The van der Waals surface area contributed by atoms with E-state index in [1.807, 2.05) is 39.0 Å². The minimum atomic E-state index is 0.530. The molecule has 7 heteroatoms. The van der Waals surface area contributed by atoms with Crippen molar-refractivity contribution >= 4 is 0 Å². The number of hydrogen-bond donors (Lipinski definition) is 0. The molecular weight excluding hydrogens is 334 g/mol. The maximum atomic E-state index is 5.98. The topological polar surface area (TPSA) is 83.4 Å². The van der Waals surface area contributed by atoms with Crippen LogP contribution in [-0.2, 0) is 6.42 Å². The summed E-state index contributed by atoms with van der Waals surface area (Å²) in [5.74, 6) is 3.36. The molecule has 0 aliphatic rings. The summed E-state index contributed by atoms with van der Waals surface area (Å²) >= 11 is 0. The fourth-order valence-electron chi connectivity index (χ4n) is 2.77. The summed E-state index contributed by atoms with van der Waals surface area (Å²) < 4.78 is 21.6. The van der Waals surface area contributed by atoms with Gasteiger partial charge in [-0.2, -0.15) is 4.98 Å². The van der Waals surface area contributed by atoms with Gasteiger partial charge in [0.05, 0.1) is 13.2 Å². The lowest BCUT2D eigenvalue weighted by Gasteiger charge is -2.13. The molecule has 26 heavy (non-hydrogen) atoms. The Morgan fingerprint density at radius 3 is 2.38 bits per heavy atom. The van der Waals surface area contributed by atoms with E-state index >= 15 is 0 Å². The standard InChI is InChI=1S/C19H23N3O4/c1-5-23-17-11-16(26-21-17)7-6-8-24-18-12(2)9-15(10-13(18)3)19-20-14(4)25-22-19/h9-11H,5-8H2,1-4H3. The van der Waals surface area contributed by atoms with Crippen molar-refractivity contribution in [2.45, 2.75) is 40.5 Å². The van der Waals surface area contributed by atoms with Crippen LogP contribution in [0.15, 0.2) is 27.2 Å². The summed E-state index contributed by atoms with van der Waals surface area (Å²) in [4.78, 5) is 4.27. The van der Waals surface area contributed by atoms with E-state index in [-0.39, 0.29) is 0 Å². The molecule has 0 aliphatic heterocycles. The second kappa shape index (κ2) is 8.03. The van der Waals surface area contributed by atoms with Gasteiger partial charge in [0.25, 0.3) is 5.88 Å². The number of benzene rings is 1. The average Bonchev–Trinajstić information content (AvgIpc) is 3.23. The van der Waals surface area contributed by atoms with Crippen LogP contribution in [0, 0.1) is 20.8 Å². The van der Waals surface area contributed by atoms with Crippen LogP contribution >= 0.6 is 0 Å². The Hall–Kier alpha value is -2.83. The van der Waals surface area contributed by atoms with E-state index in [1.165, 1.54) is 0 Å². The van der Waals surface area contributed by atoms with Crippen LogP contribution in [0.25, 0.3) is 11.4 Å². The van der Waals surface area contributed by atoms with Gasteiger partial charge in [-0.3, -0.25) is 0 Å². The van der Waals surface area contributed by atoms with Crippen LogP contribution in [0.2, 0.25) is 0 Å². The molecule has 0 unspecified atom stereocenters. The van der Waals surface area contributed by atoms with E-state index in [0.717, 1.165) is 41.0 Å². The van der Waals surface area contributed by atoms with Crippen molar-refractivity contribution in [3.8, 4) is 23.0 Å². The molecule has 0 atom stereocenters. The third kappa shape index (κ3) is 4.22. The maximum Gasteiger partial charge on any atom is 0.254 e. The fourth-order valence-corrected chi connectivity index (χ4v) is 2.77. The van der Waals surface area contributed by atoms with E-state index < -0.39 is 0 Å². The Labute approximate surface area is 152 Å². The SMILES string of the molecule is CCOc1cc(CCCOc2c(C)cc(-c3noc(C)n3)cc2C)on1. The number of ether oxygens (including phenoxy) is 2. The smallest absolute Gasteiger partial charge is 0.254 e. The zero-order chi connectivity index (χ0) is 18.5. The van der Waals surface area contributed by atoms with E-state index in [0.29, 0.717) is 30.8 Å². The number of aromatic nitrogens is 3. The summed E-state index contributed by atoms with van der Waals surface area (Å²) in [6.07, 6.45) is 1.57. The Kier molecular flexibility index (Phi) is 5.55. The first kappa shape index (κ1) is 18.0. The third-order valence-corrected chi connectivity index (χ3v) is 3.89. The molecule has 0 saturated heterocycles. The van der Waals surface area contributed by atoms with Gasteiger partial charge in [-0.1, -0.05) is 5.16 Å². The molecule has 0 aliphatic carbocycles. The Balaban J connectivity index is 1.57. The molecule has 138 valence electrons. The van der Waals surface area contributed by atoms with E-state index in [2.05, 4.69) is 15.3 Å². The lowest BCUT2D eigenvalue weighted by Crippen LogP contribution is -2.02. The monoisotopic (exact) mass is 357 g/mol. The summed E-state index contributed by atoms with van der Waals surface area (Å²) in [6, 6.07) is 5.84. The predicted molar refractivity (Wildman–Crippen MR) is 95.4 cm³/mol. The Morgan fingerprint density at radius 1 is 0.962 bits per heavy atom. The van der Waals surface area contributed by atoms with Crippen molar-refractivity contribution in [1.82, 2.24) is 15.3 Å². The van der Waals surface area contributed by atoms with Crippen LogP contribution in [0.3, 0.4) is 0 Å². The van der Waals surface area contributed by atoms with Crippen molar-refractivity contribution in [3.63, 3.8) is 0 Å². The minimum absolute atomic E-state index is 0.530. The molecule has 0 N–H and O–H groups in total. The largest absolute Gasteiger partial charge is 0.493 e. The highest BCUT2D eigenvalue weighted by Gasteiger charge is 2.12. The molecule has 1 aromatic carbocycles. The van der Waals surface area contributed by atoms with Crippen molar-refractivity contribution in [2.24, 2.45) is 0 Å². The molecule has 0 spiro atoms. The normalized spacial score (nSPS) is 10.9. The van der Waals surface area contributed by atoms with Crippen LogP contribution in [0.5, 0.6) is 11.6 Å². The molecular formula is C19H23N3O4. The van der Waals surface area contributed by atoms with Crippen molar-refractivity contribution < 1.29 is 18.5 Å². The fraction of sp³-hybridized carbons (Fsp3) is 0.421. The van der Waals surface area contributed by atoms with Gasteiger partial charge in [0.2, 0.25) is 11.7 Å². The van der Waals surface area contributed by atoms with Gasteiger partial charge in [-0.15, -0.1) is 0 Å². The van der Waals surface area contributed by atoms with Gasteiger partial charge in [-0.05, 0) is 55.6 Å². The minimum Gasteiger partial charge on any atom is -0.493 e. The van der Waals surface area contributed by atoms with Crippen LogP contribution in [-0.4, -0.2) is 28.5 Å². The summed E-state index contributed by atoms with van der Waals surface area (Å²) in [5.41, 5.74) is 3.01. The molecule has 0 radical (unpaired) electrons. The van der Waals surface area contributed by atoms with Gasteiger partial charge in [0, 0.05) is 25.0 Å². The summed E-state index contributed by atoms with van der Waals surface area (Å²) in [6.45, 7) is 8.89. The maximum absolute atomic E-state index is 5.98. The van der Waals surface area contributed by atoms with Gasteiger partial charge in [-0.25, -0.2) is 0 Å². The average molecular weight is 357 g/mol. The molecule has 0 saturated carbocycles. The molecule has 3 rings (SSSR count). The zero-order valence-electron chi connectivity index (χ0n) is 15.5.